The summed E-state index contributed by atoms with van der Waals surface area (Å²) >= 11 is 0. The van der Waals surface area contributed by atoms with Gasteiger partial charge in [-0.3, -0.25) is 10.1 Å². The molecule has 1 amide bonds. The van der Waals surface area contributed by atoms with Crippen molar-refractivity contribution in [1.82, 2.24) is 14.9 Å². The molecular weight excluding hydrogens is 482 g/mol. The average molecular weight is 514 g/mol. The van der Waals surface area contributed by atoms with Crippen LogP contribution < -0.4 is 15.4 Å². The Bertz CT molecular complexity index is 1320. The van der Waals surface area contributed by atoms with E-state index in [4.69, 9.17) is 4.42 Å². The van der Waals surface area contributed by atoms with Gasteiger partial charge in [-0.15, -0.1) is 4.40 Å². The molecule has 0 bridgehead atoms. The first-order chi connectivity index (χ1) is 17.1. The van der Waals surface area contributed by atoms with Gasteiger partial charge < -0.3 is 19.7 Å². The van der Waals surface area contributed by atoms with Gasteiger partial charge in [0.1, 0.15) is 11.9 Å². The Balaban J connectivity index is 1.85. The lowest BCUT2D eigenvalue weighted by Crippen LogP contribution is -2.48. The molecule has 36 heavy (non-hydrogen) atoms. The number of hydrogen-bond acceptors (Lipinski definition) is 7. The van der Waals surface area contributed by atoms with E-state index >= 15 is 0 Å². The second-order valence-electron chi connectivity index (χ2n) is 8.23. The third kappa shape index (κ3) is 6.11. The summed E-state index contributed by atoms with van der Waals surface area (Å²) in [5, 5.41) is 16.7. The number of carbonyl (C=O) groups excluding carboxylic acids is 1. The highest BCUT2D eigenvalue weighted by Gasteiger charge is 2.34. The lowest BCUT2D eigenvalue weighted by atomic mass is 10.1. The number of phenolic OH excluding ortho intramolecular Hbond substituents is 1. The molecular formula is C25H31N5O5S. The smallest absolute Gasteiger partial charge is 0.323 e. The molecule has 1 aromatic heterocycles. The molecule has 1 aliphatic rings. The average Bonchev–Trinajstić information content (AvgIpc) is 3.42. The molecule has 2 unspecified atom stereocenters. The fourth-order valence-electron chi connectivity index (χ4n) is 3.64. The number of nitrogens with zero attached hydrogens (tertiary/aromatic N) is 2. The van der Waals surface area contributed by atoms with Crippen molar-refractivity contribution in [2.75, 3.05) is 19.4 Å². The molecule has 0 saturated heterocycles. The van der Waals surface area contributed by atoms with Crippen LogP contribution in [0.3, 0.4) is 0 Å². The Morgan fingerprint density at radius 1 is 1.39 bits per heavy atom. The number of nitrogens with one attached hydrogen (secondary N) is 3. The number of hydrogen-bond donors (Lipinski definition) is 4. The van der Waals surface area contributed by atoms with E-state index in [1.54, 1.807) is 32.5 Å². The van der Waals surface area contributed by atoms with E-state index in [1.165, 1.54) is 17.0 Å². The SMILES string of the molecule is C=C/C=C\C(=C/C)c1coc(C(CC)NC2NS(=O)(=O)N=C2Nc2cccc(C(=O)N(C)C)c2O)c1. The van der Waals surface area contributed by atoms with E-state index in [9.17, 15) is 18.3 Å². The maximum absolute atomic E-state index is 12.4. The van der Waals surface area contributed by atoms with Gasteiger partial charge in [0, 0.05) is 19.7 Å². The fourth-order valence-corrected chi connectivity index (χ4v) is 4.58. The first kappa shape index (κ1) is 26.9. The van der Waals surface area contributed by atoms with Crippen LogP contribution in [-0.4, -0.2) is 50.4 Å². The molecule has 10 nitrogen and oxygen atoms in total. The number of anilines is 1. The van der Waals surface area contributed by atoms with Crippen LogP contribution in [0.5, 0.6) is 5.75 Å². The van der Waals surface area contributed by atoms with Crippen molar-refractivity contribution in [3.05, 3.63) is 78.3 Å². The lowest BCUT2D eigenvalue weighted by molar-refractivity contribution is 0.0824. The van der Waals surface area contributed by atoms with Gasteiger partial charge in [0.25, 0.3) is 5.91 Å². The zero-order valence-electron chi connectivity index (χ0n) is 20.6. The highest BCUT2D eigenvalue weighted by Crippen LogP contribution is 2.30. The monoisotopic (exact) mass is 513 g/mol. The first-order valence-corrected chi connectivity index (χ1v) is 12.8. The van der Waals surface area contributed by atoms with Crippen LogP contribution in [0.2, 0.25) is 0 Å². The number of rotatable bonds is 9. The predicted molar refractivity (Wildman–Crippen MR) is 141 cm³/mol. The molecule has 0 spiro atoms. The molecule has 1 aromatic carbocycles. The van der Waals surface area contributed by atoms with Crippen LogP contribution in [0.4, 0.5) is 5.69 Å². The number of amides is 1. The summed E-state index contributed by atoms with van der Waals surface area (Å²) in [7, 11) is -0.841. The number of furan rings is 1. The number of phenols is 1. The predicted octanol–water partition coefficient (Wildman–Crippen LogP) is 3.56. The summed E-state index contributed by atoms with van der Waals surface area (Å²) in [6, 6.07) is 6.12. The molecule has 0 radical (unpaired) electrons. The molecule has 1 aliphatic heterocycles. The van der Waals surface area contributed by atoms with Crippen molar-refractivity contribution in [1.29, 1.82) is 0 Å². The molecule has 0 aliphatic carbocycles. The van der Waals surface area contributed by atoms with Gasteiger partial charge in [-0.2, -0.15) is 13.1 Å². The number of carbonyl (C=O) groups is 1. The minimum absolute atomic E-state index is 0.0213. The maximum Gasteiger partial charge on any atom is 0.323 e. The van der Waals surface area contributed by atoms with Crippen LogP contribution in [0, 0.1) is 0 Å². The largest absolute Gasteiger partial charge is 0.505 e. The molecule has 3 rings (SSSR count). The summed E-state index contributed by atoms with van der Waals surface area (Å²) in [5.74, 6) is -0.0667. The number of para-hydroxylation sites is 1. The van der Waals surface area contributed by atoms with Crippen LogP contribution >= 0.6 is 0 Å². The zero-order valence-corrected chi connectivity index (χ0v) is 21.5. The normalized spacial score (nSPS) is 18.2. The van der Waals surface area contributed by atoms with Gasteiger partial charge in [-0.1, -0.05) is 43.9 Å². The Morgan fingerprint density at radius 2 is 2.14 bits per heavy atom. The molecule has 2 heterocycles. The number of allylic oxidation sites excluding steroid dienone is 5. The minimum atomic E-state index is -3.98. The number of benzene rings is 1. The number of aromatic hydroxyl groups is 1. The summed E-state index contributed by atoms with van der Waals surface area (Å²) in [6.07, 6.45) is 8.68. The Morgan fingerprint density at radius 3 is 2.78 bits per heavy atom. The van der Waals surface area contributed by atoms with Crippen molar-refractivity contribution in [3.8, 4) is 5.75 Å². The van der Waals surface area contributed by atoms with E-state index in [1.807, 2.05) is 38.1 Å². The van der Waals surface area contributed by atoms with Crippen molar-refractivity contribution < 1.29 is 22.7 Å². The number of amidine groups is 1. The molecule has 2 atom stereocenters. The molecule has 11 heteroatoms. The molecule has 0 fully saturated rings. The second-order valence-corrected chi connectivity index (χ2v) is 9.60. The Hall–Kier alpha value is -3.67. The third-order valence-corrected chi connectivity index (χ3v) is 6.46. The minimum Gasteiger partial charge on any atom is -0.505 e. The van der Waals surface area contributed by atoms with E-state index in [2.05, 4.69) is 26.3 Å². The van der Waals surface area contributed by atoms with Crippen LogP contribution in [-0.2, 0) is 10.2 Å². The first-order valence-electron chi connectivity index (χ1n) is 11.3. The van der Waals surface area contributed by atoms with Crippen molar-refractivity contribution in [2.24, 2.45) is 4.40 Å². The summed E-state index contributed by atoms with van der Waals surface area (Å²) in [4.78, 5) is 13.7. The van der Waals surface area contributed by atoms with Crippen LogP contribution in [0.1, 0.15) is 48.0 Å². The van der Waals surface area contributed by atoms with Gasteiger partial charge in [0.2, 0.25) is 0 Å². The molecule has 4 N–H and O–H groups in total. The standard InChI is InChI=1S/C25H31N5O5S/c1-6-9-11-16(7-2)17-14-21(35-15-17)19(8-3)26-23-24(29-36(33,34)28-23)27-20-13-10-12-18(22(20)31)25(32)30(4)5/h6-7,9-15,19,23,26,28,31H,1,8H2,2-5H3,(H,27,29)/b11-9-,16-7+. The van der Waals surface area contributed by atoms with Crippen molar-refractivity contribution >= 4 is 33.2 Å². The molecule has 2 aromatic rings. The van der Waals surface area contributed by atoms with Gasteiger partial charge in [-0.25, -0.2) is 0 Å². The van der Waals surface area contributed by atoms with E-state index in [0.29, 0.717) is 12.2 Å². The van der Waals surface area contributed by atoms with Crippen molar-refractivity contribution in [3.63, 3.8) is 0 Å². The summed E-state index contributed by atoms with van der Waals surface area (Å²) in [6.45, 7) is 7.54. The van der Waals surface area contributed by atoms with Crippen LogP contribution in [0.25, 0.3) is 5.57 Å². The summed E-state index contributed by atoms with van der Waals surface area (Å²) in [5.41, 5.74) is 2.04. The third-order valence-electron chi connectivity index (χ3n) is 5.49. The van der Waals surface area contributed by atoms with Crippen LogP contribution in [0.15, 0.2) is 70.2 Å². The van der Waals surface area contributed by atoms with E-state index in [0.717, 1.165) is 11.1 Å². The van der Waals surface area contributed by atoms with Gasteiger partial charge >= 0.3 is 10.2 Å². The van der Waals surface area contributed by atoms with E-state index in [-0.39, 0.29) is 28.9 Å². The maximum atomic E-state index is 12.4. The van der Waals surface area contributed by atoms with Gasteiger partial charge in [-0.05, 0) is 37.1 Å². The van der Waals surface area contributed by atoms with E-state index < -0.39 is 22.3 Å². The highest BCUT2D eigenvalue weighted by molar-refractivity contribution is 7.88. The molecule has 0 saturated carbocycles. The van der Waals surface area contributed by atoms with Gasteiger partial charge in [0.15, 0.2) is 11.6 Å². The fraction of sp³-hybridized carbons (Fsp3) is 0.280. The summed E-state index contributed by atoms with van der Waals surface area (Å²) < 4.78 is 36.6. The topological polar surface area (TPSA) is 136 Å². The quantitative estimate of drug-likeness (QED) is 0.297. The Kier molecular flexibility index (Phi) is 8.51. The highest BCUT2D eigenvalue weighted by atomic mass is 32.2. The zero-order chi connectivity index (χ0) is 26.5. The van der Waals surface area contributed by atoms with Crippen molar-refractivity contribution in [2.45, 2.75) is 32.5 Å². The molecule has 192 valence electrons. The van der Waals surface area contributed by atoms with Gasteiger partial charge in [0.05, 0.1) is 23.6 Å². The lowest BCUT2D eigenvalue weighted by Gasteiger charge is -2.22. The Labute approximate surface area is 211 Å². The second kappa shape index (κ2) is 11.4.